The van der Waals surface area contributed by atoms with Crippen molar-refractivity contribution in [1.82, 2.24) is 9.47 Å². The number of hydrogen-bond donors (Lipinski definition) is 1. The first kappa shape index (κ1) is 15.1. The third kappa shape index (κ3) is 4.35. The highest BCUT2D eigenvalue weighted by Gasteiger charge is 2.16. The molecule has 1 fully saturated rings. The van der Waals surface area contributed by atoms with Gasteiger partial charge in [0.2, 0.25) is 0 Å². The van der Waals surface area contributed by atoms with Crippen molar-refractivity contribution < 1.29 is 4.74 Å². The molecule has 0 unspecified atom stereocenters. The highest BCUT2D eigenvalue weighted by atomic mass is 16.5. The zero-order valence-corrected chi connectivity index (χ0v) is 12.5. The molecule has 0 atom stereocenters. The molecule has 0 radical (unpaired) electrons. The number of anilines is 1. The number of hydrogen-bond acceptors (Lipinski definition) is 4. The average Bonchev–Trinajstić information content (AvgIpc) is 2.46. The third-order valence-electron chi connectivity index (χ3n) is 3.95. The summed E-state index contributed by atoms with van der Waals surface area (Å²) in [6, 6.07) is 3.48. The Labute approximate surface area is 120 Å². The Kier molecular flexibility index (Phi) is 5.61. The van der Waals surface area contributed by atoms with Crippen LogP contribution in [0.2, 0.25) is 0 Å². The minimum absolute atomic E-state index is 0.0203. The molecule has 0 saturated carbocycles. The maximum Gasteiger partial charge on any atom is 0.250 e. The molecule has 0 aromatic carbocycles. The second-order valence-corrected chi connectivity index (χ2v) is 5.57. The molecule has 1 aromatic heterocycles. The van der Waals surface area contributed by atoms with Crippen LogP contribution in [-0.2, 0) is 11.3 Å². The zero-order chi connectivity index (χ0) is 14.4. The highest BCUT2D eigenvalue weighted by molar-refractivity contribution is 5.40. The van der Waals surface area contributed by atoms with Crippen LogP contribution in [0.25, 0.3) is 0 Å². The number of nitrogens with one attached hydrogen (secondary N) is 1. The standard InChI is InChI=1S/C15H25N3O2/c1-17-7-5-13(6-8-17)11-16-14-3-4-15(19)18(12-14)9-10-20-2/h3-4,12-13,16H,5-11H2,1-2H3. The van der Waals surface area contributed by atoms with Crippen molar-refractivity contribution in [2.75, 3.05) is 45.7 Å². The Morgan fingerprint density at radius 1 is 1.35 bits per heavy atom. The molecule has 1 aromatic rings. The van der Waals surface area contributed by atoms with E-state index in [4.69, 9.17) is 4.74 Å². The molecule has 1 aliphatic rings. The van der Waals surface area contributed by atoms with Crippen LogP contribution in [0.5, 0.6) is 0 Å². The van der Waals surface area contributed by atoms with Gasteiger partial charge in [-0.15, -0.1) is 0 Å². The molecule has 0 spiro atoms. The van der Waals surface area contributed by atoms with E-state index in [-0.39, 0.29) is 5.56 Å². The predicted molar refractivity (Wildman–Crippen MR) is 81.3 cm³/mol. The van der Waals surface area contributed by atoms with Gasteiger partial charge in [-0.3, -0.25) is 4.79 Å². The van der Waals surface area contributed by atoms with E-state index in [2.05, 4.69) is 17.3 Å². The van der Waals surface area contributed by atoms with Crippen LogP contribution < -0.4 is 10.9 Å². The lowest BCUT2D eigenvalue weighted by atomic mass is 9.97. The van der Waals surface area contributed by atoms with Crippen LogP contribution in [0.3, 0.4) is 0 Å². The first-order chi connectivity index (χ1) is 9.69. The van der Waals surface area contributed by atoms with Crippen molar-refractivity contribution in [3.8, 4) is 0 Å². The van der Waals surface area contributed by atoms with Crippen molar-refractivity contribution in [2.24, 2.45) is 5.92 Å². The van der Waals surface area contributed by atoms with Gasteiger partial charge in [-0.1, -0.05) is 0 Å². The normalized spacial score (nSPS) is 17.3. The molecule has 1 saturated heterocycles. The topological polar surface area (TPSA) is 46.5 Å². The first-order valence-corrected chi connectivity index (χ1v) is 7.31. The van der Waals surface area contributed by atoms with Gasteiger partial charge in [0.05, 0.1) is 12.3 Å². The number of ether oxygens (including phenoxy) is 1. The summed E-state index contributed by atoms with van der Waals surface area (Å²) in [5.41, 5.74) is 1.03. The van der Waals surface area contributed by atoms with E-state index >= 15 is 0 Å². The van der Waals surface area contributed by atoms with Gasteiger partial charge in [0.15, 0.2) is 0 Å². The summed E-state index contributed by atoms with van der Waals surface area (Å²) in [7, 11) is 3.82. The quantitative estimate of drug-likeness (QED) is 0.851. The van der Waals surface area contributed by atoms with Gasteiger partial charge in [0, 0.05) is 32.5 Å². The maximum absolute atomic E-state index is 11.7. The summed E-state index contributed by atoms with van der Waals surface area (Å²) < 4.78 is 6.72. The molecule has 1 N–H and O–H groups in total. The molecule has 2 heterocycles. The van der Waals surface area contributed by atoms with Crippen LogP contribution in [-0.4, -0.2) is 49.9 Å². The summed E-state index contributed by atoms with van der Waals surface area (Å²) in [4.78, 5) is 14.1. The molecule has 5 heteroatoms. The molecular formula is C15H25N3O2. The Morgan fingerprint density at radius 3 is 2.80 bits per heavy atom. The van der Waals surface area contributed by atoms with Crippen molar-refractivity contribution in [2.45, 2.75) is 19.4 Å². The zero-order valence-electron chi connectivity index (χ0n) is 12.5. The molecular weight excluding hydrogens is 254 g/mol. The Hall–Kier alpha value is -1.33. The Balaban J connectivity index is 1.87. The highest BCUT2D eigenvalue weighted by Crippen LogP contribution is 2.16. The van der Waals surface area contributed by atoms with Crippen LogP contribution in [0, 0.1) is 5.92 Å². The summed E-state index contributed by atoms with van der Waals surface area (Å²) in [6.45, 7) is 4.49. The second-order valence-electron chi connectivity index (χ2n) is 5.57. The minimum Gasteiger partial charge on any atom is -0.384 e. The number of rotatable bonds is 6. The lowest BCUT2D eigenvalue weighted by molar-refractivity contribution is 0.186. The number of likely N-dealkylation sites (tertiary alicyclic amines) is 1. The summed E-state index contributed by atoms with van der Waals surface area (Å²) in [6.07, 6.45) is 4.37. The van der Waals surface area contributed by atoms with Gasteiger partial charge < -0.3 is 19.5 Å². The van der Waals surface area contributed by atoms with E-state index in [1.54, 1.807) is 17.7 Å². The lowest BCUT2D eigenvalue weighted by Crippen LogP contribution is -2.33. The van der Waals surface area contributed by atoms with Gasteiger partial charge in [-0.2, -0.15) is 0 Å². The van der Waals surface area contributed by atoms with Crippen molar-refractivity contribution in [3.63, 3.8) is 0 Å². The predicted octanol–water partition coefficient (Wildman–Crippen LogP) is 1.25. The Bertz CT molecular complexity index is 464. The fourth-order valence-corrected chi connectivity index (χ4v) is 2.53. The smallest absolute Gasteiger partial charge is 0.250 e. The Morgan fingerprint density at radius 2 is 2.10 bits per heavy atom. The molecule has 0 aliphatic carbocycles. The van der Waals surface area contributed by atoms with Crippen molar-refractivity contribution in [3.05, 3.63) is 28.7 Å². The minimum atomic E-state index is 0.0203. The van der Waals surface area contributed by atoms with Gasteiger partial charge in [0.1, 0.15) is 0 Å². The van der Waals surface area contributed by atoms with E-state index < -0.39 is 0 Å². The number of piperidine rings is 1. The van der Waals surface area contributed by atoms with E-state index in [0.29, 0.717) is 13.2 Å². The summed E-state index contributed by atoms with van der Waals surface area (Å²) >= 11 is 0. The number of nitrogens with zero attached hydrogens (tertiary/aromatic N) is 2. The molecule has 1 aliphatic heterocycles. The maximum atomic E-state index is 11.7. The van der Waals surface area contributed by atoms with Gasteiger partial charge in [-0.25, -0.2) is 0 Å². The van der Waals surface area contributed by atoms with Crippen LogP contribution in [0.4, 0.5) is 5.69 Å². The third-order valence-corrected chi connectivity index (χ3v) is 3.95. The van der Waals surface area contributed by atoms with Gasteiger partial charge >= 0.3 is 0 Å². The number of aromatic nitrogens is 1. The second kappa shape index (κ2) is 7.45. The van der Waals surface area contributed by atoms with Crippen LogP contribution >= 0.6 is 0 Å². The summed E-state index contributed by atoms with van der Waals surface area (Å²) in [5.74, 6) is 0.727. The van der Waals surface area contributed by atoms with Crippen molar-refractivity contribution >= 4 is 5.69 Å². The van der Waals surface area contributed by atoms with Crippen LogP contribution in [0.15, 0.2) is 23.1 Å². The van der Waals surface area contributed by atoms with E-state index in [1.165, 1.54) is 25.9 Å². The molecule has 5 nitrogen and oxygen atoms in total. The van der Waals surface area contributed by atoms with Gasteiger partial charge in [-0.05, 0) is 45.0 Å². The fourth-order valence-electron chi connectivity index (χ4n) is 2.53. The van der Waals surface area contributed by atoms with E-state index in [9.17, 15) is 4.79 Å². The van der Waals surface area contributed by atoms with E-state index in [1.807, 2.05) is 12.3 Å². The van der Waals surface area contributed by atoms with Crippen LogP contribution in [0.1, 0.15) is 12.8 Å². The number of methoxy groups -OCH3 is 1. The summed E-state index contributed by atoms with van der Waals surface area (Å²) in [5, 5.41) is 3.45. The van der Waals surface area contributed by atoms with Gasteiger partial charge in [0.25, 0.3) is 5.56 Å². The fraction of sp³-hybridized carbons (Fsp3) is 0.667. The molecule has 2 rings (SSSR count). The SMILES string of the molecule is COCCn1cc(NCC2CCN(C)CC2)ccc1=O. The average molecular weight is 279 g/mol. The molecule has 20 heavy (non-hydrogen) atoms. The largest absolute Gasteiger partial charge is 0.384 e. The first-order valence-electron chi connectivity index (χ1n) is 7.31. The lowest BCUT2D eigenvalue weighted by Gasteiger charge is -2.29. The number of pyridine rings is 1. The molecule has 0 amide bonds. The molecule has 0 bridgehead atoms. The van der Waals surface area contributed by atoms with Crippen molar-refractivity contribution in [1.29, 1.82) is 0 Å². The monoisotopic (exact) mass is 279 g/mol. The molecule has 112 valence electrons. The van der Waals surface area contributed by atoms with E-state index in [0.717, 1.165) is 18.2 Å².